The molecule has 0 aliphatic carbocycles. The number of rotatable bonds is 4. The molecular weight excluding hydrogens is 235 g/mol. The molecule has 0 spiro atoms. The molecule has 0 aliphatic heterocycles. The molecule has 0 heterocycles. The van der Waals surface area contributed by atoms with Crippen molar-refractivity contribution in [2.24, 2.45) is 5.92 Å². The normalized spacial score (nSPS) is 10.2. The number of aliphatic hydroxyl groups excluding tert-OH is 1. The van der Waals surface area contributed by atoms with E-state index < -0.39 is 0 Å². The zero-order valence-electron chi connectivity index (χ0n) is 10.2. The van der Waals surface area contributed by atoms with E-state index in [4.69, 9.17) is 5.11 Å². The SMILES string of the molecule is CC(C)CSCc1ccc(F)c(C#CCO)c1. The zero-order valence-corrected chi connectivity index (χ0v) is 11.0. The Morgan fingerprint density at radius 1 is 1.41 bits per heavy atom. The Balaban J connectivity index is 2.68. The van der Waals surface area contributed by atoms with Crippen molar-refractivity contribution in [3.63, 3.8) is 0 Å². The van der Waals surface area contributed by atoms with Gasteiger partial charge in [0.2, 0.25) is 0 Å². The minimum Gasteiger partial charge on any atom is -0.384 e. The van der Waals surface area contributed by atoms with E-state index in [1.807, 2.05) is 11.8 Å². The number of hydrogen-bond donors (Lipinski definition) is 1. The molecule has 1 nitrogen and oxygen atoms in total. The molecule has 0 radical (unpaired) electrons. The largest absolute Gasteiger partial charge is 0.384 e. The molecule has 0 saturated heterocycles. The maximum absolute atomic E-state index is 13.4. The van der Waals surface area contributed by atoms with Crippen molar-refractivity contribution < 1.29 is 9.50 Å². The molecule has 17 heavy (non-hydrogen) atoms. The van der Waals surface area contributed by atoms with Crippen LogP contribution in [-0.4, -0.2) is 17.5 Å². The molecule has 0 fully saturated rings. The van der Waals surface area contributed by atoms with Crippen LogP contribution < -0.4 is 0 Å². The predicted molar refractivity (Wildman–Crippen MR) is 71.4 cm³/mol. The first-order valence-electron chi connectivity index (χ1n) is 5.59. The number of aliphatic hydroxyl groups is 1. The third kappa shape index (κ3) is 5.25. The highest BCUT2D eigenvalue weighted by Crippen LogP contribution is 2.17. The van der Waals surface area contributed by atoms with Crippen LogP contribution in [0.2, 0.25) is 0 Å². The van der Waals surface area contributed by atoms with Gasteiger partial charge >= 0.3 is 0 Å². The summed E-state index contributed by atoms with van der Waals surface area (Å²) in [5, 5.41) is 8.59. The molecule has 0 saturated carbocycles. The van der Waals surface area contributed by atoms with Crippen molar-refractivity contribution in [3.8, 4) is 11.8 Å². The second kappa shape index (κ2) is 7.37. The third-order valence-electron chi connectivity index (χ3n) is 2.05. The minimum atomic E-state index is -0.330. The van der Waals surface area contributed by atoms with Gasteiger partial charge in [-0.2, -0.15) is 11.8 Å². The maximum atomic E-state index is 13.4. The van der Waals surface area contributed by atoms with Gasteiger partial charge in [0.05, 0.1) is 5.56 Å². The van der Waals surface area contributed by atoms with Gasteiger partial charge in [0.1, 0.15) is 12.4 Å². The second-order valence-electron chi connectivity index (χ2n) is 4.18. The molecule has 1 aromatic rings. The van der Waals surface area contributed by atoms with Crippen LogP contribution in [0.3, 0.4) is 0 Å². The molecule has 3 heteroatoms. The Kier molecular flexibility index (Phi) is 6.10. The molecule has 0 amide bonds. The van der Waals surface area contributed by atoms with Gasteiger partial charge in [0.25, 0.3) is 0 Å². The monoisotopic (exact) mass is 252 g/mol. The third-order valence-corrected chi connectivity index (χ3v) is 3.49. The van der Waals surface area contributed by atoms with E-state index in [1.165, 1.54) is 6.07 Å². The molecule has 0 atom stereocenters. The van der Waals surface area contributed by atoms with Crippen molar-refractivity contribution >= 4 is 11.8 Å². The van der Waals surface area contributed by atoms with Crippen molar-refractivity contribution in [2.45, 2.75) is 19.6 Å². The summed E-state index contributed by atoms with van der Waals surface area (Å²) in [5.41, 5.74) is 1.43. The molecule has 1 aromatic carbocycles. The fourth-order valence-corrected chi connectivity index (χ4v) is 2.31. The molecule has 0 unspecified atom stereocenters. The van der Waals surface area contributed by atoms with Gasteiger partial charge in [-0.05, 0) is 29.4 Å². The first kappa shape index (κ1) is 14.1. The summed E-state index contributed by atoms with van der Waals surface area (Å²) in [6, 6.07) is 4.98. The van der Waals surface area contributed by atoms with Crippen LogP contribution in [0, 0.1) is 23.6 Å². The van der Waals surface area contributed by atoms with Crippen LogP contribution in [0.25, 0.3) is 0 Å². The van der Waals surface area contributed by atoms with Gasteiger partial charge in [-0.1, -0.05) is 31.8 Å². The van der Waals surface area contributed by atoms with Gasteiger partial charge in [-0.3, -0.25) is 0 Å². The standard InChI is InChI=1S/C14H17FOS/c1-11(2)9-17-10-12-5-6-14(15)13(8-12)4-3-7-16/h5-6,8,11,16H,7,9-10H2,1-2H3. The zero-order chi connectivity index (χ0) is 12.7. The Morgan fingerprint density at radius 3 is 2.82 bits per heavy atom. The van der Waals surface area contributed by atoms with Crippen LogP contribution in [-0.2, 0) is 5.75 Å². The lowest BCUT2D eigenvalue weighted by Crippen LogP contribution is -1.93. The number of thioether (sulfide) groups is 1. The van der Waals surface area contributed by atoms with Crippen LogP contribution in [0.4, 0.5) is 4.39 Å². The van der Waals surface area contributed by atoms with Gasteiger partial charge in [-0.15, -0.1) is 0 Å². The average Bonchev–Trinajstić information content (AvgIpc) is 2.29. The highest BCUT2D eigenvalue weighted by atomic mass is 32.2. The van der Waals surface area contributed by atoms with Gasteiger partial charge < -0.3 is 5.11 Å². The van der Waals surface area contributed by atoms with Crippen LogP contribution in [0.5, 0.6) is 0 Å². The molecule has 0 aromatic heterocycles. The first-order chi connectivity index (χ1) is 8.13. The summed E-state index contributed by atoms with van der Waals surface area (Å²) in [5.74, 6) is 7.37. The van der Waals surface area contributed by atoms with E-state index >= 15 is 0 Å². The molecule has 92 valence electrons. The Labute approximate surface area is 106 Å². The average molecular weight is 252 g/mol. The predicted octanol–water partition coefficient (Wildman–Crippen LogP) is 3.06. The topological polar surface area (TPSA) is 20.2 Å². The van der Waals surface area contributed by atoms with Crippen LogP contribution in [0.15, 0.2) is 18.2 Å². The lowest BCUT2D eigenvalue weighted by Gasteiger charge is -2.05. The van der Waals surface area contributed by atoms with E-state index in [-0.39, 0.29) is 12.4 Å². The molecule has 0 aliphatic rings. The summed E-state index contributed by atoms with van der Waals surface area (Å²) in [4.78, 5) is 0. The fourth-order valence-electron chi connectivity index (χ4n) is 1.31. The highest BCUT2D eigenvalue weighted by molar-refractivity contribution is 7.98. The number of halogens is 1. The lowest BCUT2D eigenvalue weighted by atomic mass is 10.1. The summed E-state index contributed by atoms with van der Waals surface area (Å²) >= 11 is 1.83. The van der Waals surface area contributed by atoms with Crippen molar-refractivity contribution in [3.05, 3.63) is 35.1 Å². The number of hydrogen-bond acceptors (Lipinski definition) is 2. The van der Waals surface area contributed by atoms with E-state index in [0.29, 0.717) is 11.5 Å². The highest BCUT2D eigenvalue weighted by Gasteiger charge is 2.02. The Hall–Kier alpha value is -0.980. The van der Waals surface area contributed by atoms with E-state index in [2.05, 4.69) is 25.7 Å². The fraction of sp³-hybridized carbons (Fsp3) is 0.429. The van der Waals surface area contributed by atoms with Crippen molar-refractivity contribution in [1.29, 1.82) is 0 Å². The summed E-state index contributed by atoms with van der Waals surface area (Å²) in [7, 11) is 0. The molecule has 0 bridgehead atoms. The van der Waals surface area contributed by atoms with Gasteiger partial charge in [-0.25, -0.2) is 4.39 Å². The van der Waals surface area contributed by atoms with E-state index in [0.717, 1.165) is 17.1 Å². The Morgan fingerprint density at radius 2 is 2.18 bits per heavy atom. The minimum absolute atomic E-state index is 0.244. The smallest absolute Gasteiger partial charge is 0.138 e. The second-order valence-corrected chi connectivity index (χ2v) is 5.21. The first-order valence-corrected chi connectivity index (χ1v) is 6.75. The lowest BCUT2D eigenvalue weighted by molar-refractivity contribution is 0.350. The maximum Gasteiger partial charge on any atom is 0.138 e. The Bertz CT molecular complexity index is 418. The van der Waals surface area contributed by atoms with Gasteiger partial charge in [0.15, 0.2) is 0 Å². The van der Waals surface area contributed by atoms with Crippen molar-refractivity contribution in [2.75, 3.05) is 12.4 Å². The number of benzene rings is 1. The van der Waals surface area contributed by atoms with E-state index in [1.54, 1.807) is 12.1 Å². The van der Waals surface area contributed by atoms with Gasteiger partial charge in [0, 0.05) is 5.75 Å². The summed E-state index contributed by atoms with van der Waals surface area (Å²) < 4.78 is 13.4. The molecule has 1 rings (SSSR count). The quantitative estimate of drug-likeness (QED) is 0.831. The summed E-state index contributed by atoms with van der Waals surface area (Å²) in [6.07, 6.45) is 0. The van der Waals surface area contributed by atoms with Crippen molar-refractivity contribution in [1.82, 2.24) is 0 Å². The van der Waals surface area contributed by atoms with Crippen LogP contribution >= 0.6 is 11.8 Å². The molecular formula is C14H17FOS. The van der Waals surface area contributed by atoms with E-state index in [9.17, 15) is 4.39 Å². The summed E-state index contributed by atoms with van der Waals surface area (Å²) in [6.45, 7) is 4.11. The molecule has 1 N–H and O–H groups in total. The van der Waals surface area contributed by atoms with Crippen LogP contribution in [0.1, 0.15) is 25.0 Å².